The quantitative estimate of drug-likeness (QED) is 0.849. The Labute approximate surface area is 121 Å². The average molecular weight is 302 g/mol. The molecule has 0 spiro atoms. The zero-order valence-corrected chi connectivity index (χ0v) is 12.1. The summed E-state index contributed by atoms with van der Waals surface area (Å²) in [5.41, 5.74) is 0.0698. The van der Waals surface area contributed by atoms with Crippen LogP contribution in [0.3, 0.4) is 0 Å². The molecule has 0 aliphatic carbocycles. The summed E-state index contributed by atoms with van der Waals surface area (Å²) in [7, 11) is 0. The van der Waals surface area contributed by atoms with Gasteiger partial charge in [-0.2, -0.15) is 0 Å². The van der Waals surface area contributed by atoms with Crippen LogP contribution >= 0.6 is 11.6 Å². The number of amides is 1. The Bertz CT molecular complexity index is 485. The second-order valence-corrected chi connectivity index (χ2v) is 5.37. The highest BCUT2D eigenvalue weighted by Crippen LogP contribution is 2.19. The lowest BCUT2D eigenvalue weighted by molar-refractivity contribution is -0.142. The summed E-state index contributed by atoms with van der Waals surface area (Å²) in [6.07, 6.45) is 0.0272. The molecule has 2 N–H and O–H groups in total. The van der Waals surface area contributed by atoms with Gasteiger partial charge in [-0.05, 0) is 24.5 Å². The first kappa shape index (κ1) is 16.4. The van der Waals surface area contributed by atoms with E-state index in [0.717, 1.165) is 0 Å². The first-order valence-electron chi connectivity index (χ1n) is 6.26. The highest BCUT2D eigenvalue weighted by atomic mass is 35.5. The van der Waals surface area contributed by atoms with Crippen LogP contribution in [-0.4, -0.2) is 23.0 Å². The standard InChI is InChI=1S/C14H17ClFNO3/c1-8(2)6-12(14(19)20)17-13(18)7-9-10(15)4-3-5-11(9)16/h3-5,8,12H,6-7H2,1-2H3,(H,17,18)(H,19,20)/t12-/m1/s1. The summed E-state index contributed by atoms with van der Waals surface area (Å²) in [5, 5.41) is 11.6. The van der Waals surface area contributed by atoms with Crippen molar-refractivity contribution in [1.82, 2.24) is 5.32 Å². The van der Waals surface area contributed by atoms with Crippen molar-refractivity contribution in [2.45, 2.75) is 32.7 Å². The molecule has 1 aromatic carbocycles. The fourth-order valence-electron chi connectivity index (χ4n) is 1.80. The maximum atomic E-state index is 13.5. The van der Waals surface area contributed by atoms with Gasteiger partial charge in [-0.3, -0.25) is 4.79 Å². The minimum atomic E-state index is -1.10. The Morgan fingerprint density at radius 2 is 2.05 bits per heavy atom. The van der Waals surface area contributed by atoms with Crippen LogP contribution in [0.4, 0.5) is 4.39 Å². The van der Waals surface area contributed by atoms with Crippen molar-refractivity contribution in [1.29, 1.82) is 0 Å². The summed E-state index contributed by atoms with van der Waals surface area (Å²) >= 11 is 5.82. The molecule has 1 atom stereocenters. The monoisotopic (exact) mass is 301 g/mol. The van der Waals surface area contributed by atoms with Gasteiger partial charge in [0.15, 0.2) is 0 Å². The fraction of sp³-hybridized carbons (Fsp3) is 0.429. The number of carboxylic acid groups (broad SMARTS) is 1. The summed E-state index contributed by atoms with van der Waals surface area (Å²) in [6, 6.07) is 3.15. The van der Waals surface area contributed by atoms with E-state index >= 15 is 0 Å². The highest BCUT2D eigenvalue weighted by molar-refractivity contribution is 6.31. The van der Waals surface area contributed by atoms with Crippen molar-refractivity contribution in [2.24, 2.45) is 5.92 Å². The molecular weight excluding hydrogens is 285 g/mol. The lowest BCUT2D eigenvalue weighted by Gasteiger charge is -2.16. The van der Waals surface area contributed by atoms with Crippen molar-refractivity contribution in [3.8, 4) is 0 Å². The van der Waals surface area contributed by atoms with Gasteiger partial charge >= 0.3 is 5.97 Å². The van der Waals surface area contributed by atoms with Crippen LogP contribution in [0.15, 0.2) is 18.2 Å². The molecule has 0 aliphatic rings. The molecule has 0 heterocycles. The molecule has 0 aliphatic heterocycles. The van der Waals surface area contributed by atoms with E-state index in [0.29, 0.717) is 6.42 Å². The first-order valence-corrected chi connectivity index (χ1v) is 6.64. The molecule has 0 bridgehead atoms. The van der Waals surface area contributed by atoms with Crippen molar-refractivity contribution in [3.05, 3.63) is 34.6 Å². The molecule has 0 unspecified atom stereocenters. The predicted octanol–water partition coefficient (Wildman–Crippen LogP) is 2.64. The molecular formula is C14H17ClFNO3. The Morgan fingerprint density at radius 1 is 1.40 bits per heavy atom. The van der Waals surface area contributed by atoms with Gasteiger partial charge in [0.2, 0.25) is 5.91 Å². The molecule has 0 saturated carbocycles. The zero-order valence-electron chi connectivity index (χ0n) is 11.3. The number of rotatable bonds is 6. The van der Waals surface area contributed by atoms with Gasteiger partial charge in [0.05, 0.1) is 6.42 Å². The van der Waals surface area contributed by atoms with Gasteiger partial charge in [0.25, 0.3) is 0 Å². The van der Waals surface area contributed by atoms with Crippen LogP contribution in [0.2, 0.25) is 5.02 Å². The second kappa shape index (κ2) is 7.24. The minimum Gasteiger partial charge on any atom is -0.480 e. The molecule has 4 nitrogen and oxygen atoms in total. The van der Waals surface area contributed by atoms with Gasteiger partial charge in [0, 0.05) is 10.6 Å². The smallest absolute Gasteiger partial charge is 0.326 e. The third-order valence-corrected chi connectivity index (χ3v) is 3.09. The van der Waals surface area contributed by atoms with Crippen LogP contribution in [0.5, 0.6) is 0 Å². The van der Waals surface area contributed by atoms with E-state index in [1.807, 2.05) is 13.8 Å². The van der Waals surface area contributed by atoms with E-state index in [9.17, 15) is 14.0 Å². The van der Waals surface area contributed by atoms with Gasteiger partial charge in [-0.1, -0.05) is 31.5 Å². The number of nitrogens with one attached hydrogen (secondary N) is 1. The largest absolute Gasteiger partial charge is 0.480 e. The molecule has 0 radical (unpaired) electrons. The van der Waals surface area contributed by atoms with E-state index in [1.165, 1.54) is 18.2 Å². The number of benzene rings is 1. The summed E-state index contributed by atoms with van der Waals surface area (Å²) in [6.45, 7) is 3.71. The Kier molecular flexibility index (Phi) is 5.95. The SMILES string of the molecule is CC(C)C[C@@H](NC(=O)Cc1c(F)cccc1Cl)C(=O)O. The molecule has 1 rings (SSSR count). The number of aliphatic carboxylic acids is 1. The van der Waals surface area contributed by atoms with E-state index < -0.39 is 23.7 Å². The van der Waals surface area contributed by atoms with Crippen molar-refractivity contribution < 1.29 is 19.1 Å². The normalized spacial score (nSPS) is 12.2. The number of carboxylic acids is 1. The zero-order chi connectivity index (χ0) is 15.3. The van der Waals surface area contributed by atoms with Crippen molar-refractivity contribution in [2.75, 3.05) is 0 Å². The van der Waals surface area contributed by atoms with Gasteiger partial charge in [-0.15, -0.1) is 0 Å². The number of hydrogen-bond acceptors (Lipinski definition) is 2. The Morgan fingerprint density at radius 3 is 2.55 bits per heavy atom. The van der Waals surface area contributed by atoms with Crippen LogP contribution in [0, 0.1) is 11.7 Å². The predicted molar refractivity (Wildman–Crippen MR) is 74.1 cm³/mol. The lowest BCUT2D eigenvalue weighted by atomic mass is 10.0. The van der Waals surface area contributed by atoms with Crippen LogP contribution in [0.25, 0.3) is 0 Å². The molecule has 0 fully saturated rings. The third-order valence-electron chi connectivity index (χ3n) is 2.74. The van der Waals surface area contributed by atoms with Crippen LogP contribution in [0.1, 0.15) is 25.8 Å². The number of hydrogen-bond donors (Lipinski definition) is 2. The maximum Gasteiger partial charge on any atom is 0.326 e. The molecule has 1 amide bonds. The van der Waals surface area contributed by atoms with Gasteiger partial charge < -0.3 is 10.4 Å². The van der Waals surface area contributed by atoms with Gasteiger partial charge in [0.1, 0.15) is 11.9 Å². The maximum absolute atomic E-state index is 13.5. The number of carbonyl (C=O) groups excluding carboxylic acids is 1. The highest BCUT2D eigenvalue weighted by Gasteiger charge is 2.22. The minimum absolute atomic E-state index is 0.0698. The number of halogens is 2. The van der Waals surface area contributed by atoms with Crippen LogP contribution < -0.4 is 5.32 Å². The summed E-state index contributed by atoms with van der Waals surface area (Å²) < 4.78 is 13.5. The van der Waals surface area contributed by atoms with E-state index in [1.54, 1.807) is 0 Å². The van der Waals surface area contributed by atoms with Crippen molar-refractivity contribution in [3.63, 3.8) is 0 Å². The van der Waals surface area contributed by atoms with E-state index in [4.69, 9.17) is 16.7 Å². The lowest BCUT2D eigenvalue weighted by Crippen LogP contribution is -2.42. The first-order chi connectivity index (χ1) is 9.31. The van der Waals surface area contributed by atoms with Gasteiger partial charge in [-0.25, -0.2) is 9.18 Å². The van der Waals surface area contributed by atoms with Crippen LogP contribution in [-0.2, 0) is 16.0 Å². The molecule has 20 heavy (non-hydrogen) atoms. The fourth-order valence-corrected chi connectivity index (χ4v) is 2.03. The topological polar surface area (TPSA) is 66.4 Å². The third kappa shape index (κ3) is 4.81. The van der Waals surface area contributed by atoms with E-state index in [-0.39, 0.29) is 22.9 Å². The Balaban J connectivity index is 2.73. The number of carbonyl (C=O) groups is 2. The molecule has 0 aromatic heterocycles. The molecule has 1 aromatic rings. The molecule has 6 heteroatoms. The van der Waals surface area contributed by atoms with Crippen molar-refractivity contribution >= 4 is 23.5 Å². The molecule has 110 valence electrons. The summed E-state index contributed by atoms with van der Waals surface area (Å²) in [4.78, 5) is 22.9. The summed E-state index contributed by atoms with van der Waals surface area (Å²) in [5.74, 6) is -2.13. The Hall–Kier alpha value is -1.62. The molecule has 0 saturated heterocycles. The second-order valence-electron chi connectivity index (χ2n) is 4.96. The average Bonchev–Trinajstić information content (AvgIpc) is 2.32. The van der Waals surface area contributed by atoms with E-state index in [2.05, 4.69) is 5.32 Å².